The van der Waals surface area contributed by atoms with E-state index in [9.17, 15) is 9.59 Å². The molecule has 1 spiro atoms. The second kappa shape index (κ2) is 5.49. The molecule has 0 aromatic heterocycles. The lowest BCUT2D eigenvalue weighted by atomic mass is 9.91. The van der Waals surface area contributed by atoms with Gasteiger partial charge in [-0.1, -0.05) is 6.92 Å². The number of hydrogen-bond acceptors (Lipinski definition) is 3. The lowest BCUT2D eigenvalue weighted by Crippen LogP contribution is -2.39. The van der Waals surface area contributed by atoms with Gasteiger partial charge in [-0.2, -0.15) is 0 Å². The van der Waals surface area contributed by atoms with Gasteiger partial charge in [0.05, 0.1) is 5.92 Å². The molecule has 2 rings (SSSR count). The van der Waals surface area contributed by atoms with Crippen LogP contribution in [0.2, 0.25) is 0 Å². The quantitative estimate of drug-likeness (QED) is 0.779. The van der Waals surface area contributed by atoms with Crippen molar-refractivity contribution in [3.05, 3.63) is 0 Å². The molecule has 2 aliphatic rings. The number of carbonyl (C=O) groups is 2. The number of rotatable bonds is 5. The monoisotopic (exact) mass is 268 g/mol. The summed E-state index contributed by atoms with van der Waals surface area (Å²) in [5.41, 5.74) is 0.224. The highest BCUT2D eigenvalue weighted by atomic mass is 16.4. The van der Waals surface area contributed by atoms with Crippen LogP contribution in [0, 0.1) is 17.3 Å². The van der Waals surface area contributed by atoms with E-state index in [4.69, 9.17) is 5.11 Å². The summed E-state index contributed by atoms with van der Waals surface area (Å²) < 4.78 is 0. The number of carboxylic acid groups (broad SMARTS) is 1. The lowest BCUT2D eigenvalue weighted by Gasteiger charge is -2.27. The van der Waals surface area contributed by atoms with E-state index in [-0.39, 0.29) is 17.2 Å². The minimum Gasteiger partial charge on any atom is -0.481 e. The molecule has 1 aliphatic carbocycles. The van der Waals surface area contributed by atoms with Gasteiger partial charge in [0.15, 0.2) is 0 Å². The number of aliphatic carboxylic acids is 1. The van der Waals surface area contributed by atoms with Crippen molar-refractivity contribution in [3.63, 3.8) is 0 Å². The molecule has 0 radical (unpaired) electrons. The van der Waals surface area contributed by atoms with Crippen LogP contribution < -0.4 is 5.32 Å². The van der Waals surface area contributed by atoms with Crippen LogP contribution in [0.15, 0.2) is 0 Å². The van der Waals surface area contributed by atoms with E-state index >= 15 is 0 Å². The first-order valence-corrected chi connectivity index (χ1v) is 7.22. The van der Waals surface area contributed by atoms with Crippen molar-refractivity contribution in [1.29, 1.82) is 0 Å². The van der Waals surface area contributed by atoms with E-state index in [0.717, 1.165) is 32.4 Å². The third-order valence-corrected chi connectivity index (χ3v) is 4.70. The highest BCUT2D eigenvalue weighted by Crippen LogP contribution is 2.59. The third kappa shape index (κ3) is 2.91. The van der Waals surface area contributed by atoms with Crippen LogP contribution in [0.4, 0.5) is 0 Å². The summed E-state index contributed by atoms with van der Waals surface area (Å²) in [4.78, 5) is 25.1. The molecule has 0 aromatic carbocycles. The van der Waals surface area contributed by atoms with Crippen molar-refractivity contribution in [1.82, 2.24) is 10.2 Å². The normalized spacial score (nSPS) is 25.9. The molecule has 1 aliphatic heterocycles. The Morgan fingerprint density at radius 3 is 2.58 bits per heavy atom. The van der Waals surface area contributed by atoms with Gasteiger partial charge in [0, 0.05) is 19.0 Å². The molecule has 2 atom stereocenters. The number of hydrogen-bond donors (Lipinski definition) is 2. The molecular formula is C14H24N2O3. The molecule has 1 saturated carbocycles. The molecule has 19 heavy (non-hydrogen) atoms. The zero-order chi connectivity index (χ0) is 14.0. The number of nitrogens with zero attached hydrogens (tertiary/aromatic N) is 1. The zero-order valence-electron chi connectivity index (χ0n) is 11.8. The van der Waals surface area contributed by atoms with Crippen LogP contribution in [0.3, 0.4) is 0 Å². The Morgan fingerprint density at radius 2 is 2.05 bits per heavy atom. The van der Waals surface area contributed by atoms with Gasteiger partial charge in [0.25, 0.3) is 0 Å². The van der Waals surface area contributed by atoms with Gasteiger partial charge in [-0.15, -0.1) is 0 Å². The number of piperidine rings is 1. The Bertz CT molecular complexity index is 364. The van der Waals surface area contributed by atoms with Gasteiger partial charge in [0.2, 0.25) is 5.91 Å². The largest absolute Gasteiger partial charge is 0.481 e. The summed E-state index contributed by atoms with van der Waals surface area (Å²) in [6, 6.07) is 0. The maximum atomic E-state index is 12.5. The molecule has 2 fully saturated rings. The molecule has 108 valence electrons. The van der Waals surface area contributed by atoms with Crippen molar-refractivity contribution < 1.29 is 14.7 Å². The fourth-order valence-electron chi connectivity index (χ4n) is 3.18. The first-order chi connectivity index (χ1) is 9.00. The summed E-state index contributed by atoms with van der Waals surface area (Å²) in [7, 11) is 0. The van der Waals surface area contributed by atoms with Crippen LogP contribution in [-0.4, -0.2) is 48.1 Å². The van der Waals surface area contributed by atoms with Crippen molar-refractivity contribution >= 4 is 11.9 Å². The van der Waals surface area contributed by atoms with Crippen molar-refractivity contribution in [2.24, 2.45) is 17.3 Å². The van der Waals surface area contributed by atoms with Gasteiger partial charge in [-0.05, 0) is 44.7 Å². The number of carboxylic acids is 1. The lowest BCUT2D eigenvalue weighted by molar-refractivity contribution is -0.143. The third-order valence-electron chi connectivity index (χ3n) is 4.70. The molecule has 2 unspecified atom stereocenters. The van der Waals surface area contributed by atoms with Crippen LogP contribution in [0.5, 0.6) is 0 Å². The smallest absolute Gasteiger partial charge is 0.308 e. The first kappa shape index (κ1) is 14.3. The minimum atomic E-state index is -0.835. The van der Waals surface area contributed by atoms with Gasteiger partial charge in [0.1, 0.15) is 0 Å². The van der Waals surface area contributed by atoms with Crippen molar-refractivity contribution in [2.45, 2.75) is 33.1 Å². The molecular weight excluding hydrogens is 244 g/mol. The van der Waals surface area contributed by atoms with Crippen LogP contribution >= 0.6 is 0 Å². The highest BCUT2D eigenvalue weighted by Gasteiger charge is 2.58. The second-order valence-electron chi connectivity index (χ2n) is 5.99. The molecule has 0 aromatic rings. The molecule has 1 heterocycles. The molecule has 5 heteroatoms. The predicted molar refractivity (Wildman–Crippen MR) is 71.7 cm³/mol. The summed E-state index contributed by atoms with van der Waals surface area (Å²) in [5.74, 6) is -1.03. The summed E-state index contributed by atoms with van der Waals surface area (Å²) >= 11 is 0. The Labute approximate surface area is 114 Å². The molecule has 2 N–H and O–H groups in total. The van der Waals surface area contributed by atoms with Crippen molar-refractivity contribution in [3.8, 4) is 0 Å². The SMILES string of the molecule is CCN(CC(C)C(=O)O)C(=O)C1CC12CCNCC2. The topological polar surface area (TPSA) is 69.6 Å². The second-order valence-corrected chi connectivity index (χ2v) is 5.99. The van der Waals surface area contributed by atoms with Gasteiger partial charge < -0.3 is 15.3 Å². The molecule has 5 nitrogen and oxygen atoms in total. The fraction of sp³-hybridized carbons (Fsp3) is 0.857. The summed E-state index contributed by atoms with van der Waals surface area (Å²) in [5, 5.41) is 12.3. The van der Waals surface area contributed by atoms with E-state index in [0.29, 0.717) is 13.1 Å². The van der Waals surface area contributed by atoms with Gasteiger partial charge in [-0.3, -0.25) is 9.59 Å². The average molecular weight is 268 g/mol. The van der Waals surface area contributed by atoms with Crippen molar-refractivity contribution in [2.75, 3.05) is 26.2 Å². The molecule has 0 bridgehead atoms. The number of amides is 1. The zero-order valence-corrected chi connectivity index (χ0v) is 11.8. The minimum absolute atomic E-state index is 0.135. The first-order valence-electron chi connectivity index (χ1n) is 7.22. The Kier molecular flexibility index (Phi) is 4.13. The number of carbonyl (C=O) groups excluding carboxylic acids is 1. The Hall–Kier alpha value is -1.10. The average Bonchev–Trinajstić information content (AvgIpc) is 3.09. The van der Waals surface area contributed by atoms with E-state index in [1.807, 2.05) is 6.92 Å². The van der Waals surface area contributed by atoms with E-state index in [1.165, 1.54) is 0 Å². The van der Waals surface area contributed by atoms with Gasteiger partial charge >= 0.3 is 5.97 Å². The Morgan fingerprint density at radius 1 is 1.42 bits per heavy atom. The predicted octanol–water partition coefficient (Wildman–Crippen LogP) is 0.945. The summed E-state index contributed by atoms with van der Waals surface area (Å²) in [6.45, 7) is 6.51. The van der Waals surface area contributed by atoms with Crippen LogP contribution in [-0.2, 0) is 9.59 Å². The molecule has 1 saturated heterocycles. The van der Waals surface area contributed by atoms with E-state index in [2.05, 4.69) is 5.32 Å². The van der Waals surface area contributed by atoms with E-state index in [1.54, 1.807) is 11.8 Å². The van der Waals surface area contributed by atoms with Crippen LogP contribution in [0.1, 0.15) is 33.1 Å². The Balaban J connectivity index is 1.93. The maximum absolute atomic E-state index is 12.5. The highest BCUT2D eigenvalue weighted by molar-refractivity contribution is 5.83. The molecule has 1 amide bonds. The standard InChI is InChI=1S/C14H24N2O3/c1-3-16(9-10(2)13(18)19)12(17)11-8-14(11)4-6-15-7-5-14/h10-11,15H,3-9H2,1-2H3,(H,18,19). The fourth-order valence-corrected chi connectivity index (χ4v) is 3.18. The summed E-state index contributed by atoms with van der Waals surface area (Å²) in [6.07, 6.45) is 3.15. The number of nitrogens with one attached hydrogen (secondary N) is 1. The van der Waals surface area contributed by atoms with Gasteiger partial charge in [-0.25, -0.2) is 0 Å². The van der Waals surface area contributed by atoms with E-state index < -0.39 is 11.9 Å². The maximum Gasteiger partial charge on any atom is 0.308 e. The van der Waals surface area contributed by atoms with Crippen LogP contribution in [0.25, 0.3) is 0 Å².